The lowest BCUT2D eigenvalue weighted by Gasteiger charge is -2.02. The van der Waals surface area contributed by atoms with Crippen molar-refractivity contribution in [3.8, 4) is 11.3 Å². The summed E-state index contributed by atoms with van der Waals surface area (Å²) < 4.78 is 13.0. The minimum Gasteiger partial charge on any atom is -0.305 e. The number of nitrogens with one attached hydrogen (secondary N) is 1. The second kappa shape index (κ2) is 3.65. The van der Waals surface area contributed by atoms with Gasteiger partial charge >= 0.3 is 5.69 Å². The van der Waals surface area contributed by atoms with Crippen LogP contribution in [-0.2, 0) is 0 Å². The van der Waals surface area contributed by atoms with E-state index in [0.29, 0.717) is 11.3 Å². The lowest BCUT2D eigenvalue weighted by atomic mass is 10.1. The van der Waals surface area contributed by atoms with Crippen LogP contribution in [0.1, 0.15) is 5.56 Å². The molecule has 0 amide bonds. The average molecular weight is 204 g/mol. The van der Waals surface area contributed by atoms with Crippen LogP contribution in [0, 0.1) is 12.7 Å². The maximum absolute atomic E-state index is 13.0. The molecule has 2 rings (SSSR count). The maximum atomic E-state index is 13.0. The second-order valence-corrected chi connectivity index (χ2v) is 3.25. The molecule has 2 aromatic rings. The second-order valence-electron chi connectivity index (χ2n) is 3.25. The van der Waals surface area contributed by atoms with Crippen molar-refractivity contribution in [3.05, 3.63) is 52.3 Å². The summed E-state index contributed by atoms with van der Waals surface area (Å²) in [6.07, 6.45) is 1.42. The molecule has 0 spiro atoms. The normalized spacial score (nSPS) is 10.3. The van der Waals surface area contributed by atoms with Gasteiger partial charge in [-0.3, -0.25) is 0 Å². The number of halogens is 1. The summed E-state index contributed by atoms with van der Waals surface area (Å²) in [7, 11) is 0. The molecule has 1 aromatic heterocycles. The van der Waals surface area contributed by atoms with Gasteiger partial charge in [-0.15, -0.1) is 0 Å². The highest BCUT2D eigenvalue weighted by atomic mass is 19.1. The summed E-state index contributed by atoms with van der Waals surface area (Å²) >= 11 is 0. The number of benzene rings is 1. The van der Waals surface area contributed by atoms with Crippen molar-refractivity contribution in [1.82, 2.24) is 9.97 Å². The Morgan fingerprint density at radius 1 is 1.33 bits per heavy atom. The standard InChI is InChI=1S/C11H9FN2O/c1-7-6-8(2-3-9(7)12)10-4-5-13-11(15)14-10/h2-6H,1H3,(H,13,14,15). The first-order chi connectivity index (χ1) is 7.16. The van der Waals surface area contributed by atoms with E-state index in [2.05, 4.69) is 9.97 Å². The molecule has 76 valence electrons. The molecule has 1 heterocycles. The predicted molar refractivity (Wildman–Crippen MR) is 55.0 cm³/mol. The van der Waals surface area contributed by atoms with E-state index < -0.39 is 5.69 Å². The zero-order valence-electron chi connectivity index (χ0n) is 8.12. The van der Waals surface area contributed by atoms with Gasteiger partial charge < -0.3 is 4.98 Å². The van der Waals surface area contributed by atoms with Crippen molar-refractivity contribution >= 4 is 0 Å². The number of aromatic nitrogens is 2. The molecule has 0 aliphatic rings. The summed E-state index contributed by atoms with van der Waals surface area (Å²) in [6.45, 7) is 1.68. The van der Waals surface area contributed by atoms with Crippen LogP contribution in [0.3, 0.4) is 0 Å². The Labute approximate surface area is 85.6 Å². The van der Waals surface area contributed by atoms with Crippen LogP contribution in [0.15, 0.2) is 35.3 Å². The minimum absolute atomic E-state index is 0.254. The topological polar surface area (TPSA) is 45.8 Å². The molecular formula is C11H9FN2O. The molecule has 0 radical (unpaired) electrons. The Kier molecular flexibility index (Phi) is 2.33. The van der Waals surface area contributed by atoms with Gasteiger partial charge in [0.25, 0.3) is 0 Å². The van der Waals surface area contributed by atoms with Gasteiger partial charge in [-0.1, -0.05) is 0 Å². The first-order valence-corrected chi connectivity index (χ1v) is 4.48. The van der Waals surface area contributed by atoms with Crippen LogP contribution >= 0.6 is 0 Å². The summed E-state index contributed by atoms with van der Waals surface area (Å²) in [5.74, 6) is -0.254. The highest BCUT2D eigenvalue weighted by Crippen LogP contribution is 2.18. The number of H-pyrrole nitrogens is 1. The third-order valence-electron chi connectivity index (χ3n) is 2.14. The molecule has 1 N–H and O–H groups in total. The van der Waals surface area contributed by atoms with Crippen LogP contribution in [0.2, 0.25) is 0 Å². The van der Waals surface area contributed by atoms with E-state index in [-0.39, 0.29) is 5.82 Å². The van der Waals surface area contributed by atoms with E-state index in [1.165, 1.54) is 12.3 Å². The van der Waals surface area contributed by atoms with Gasteiger partial charge in [0.15, 0.2) is 0 Å². The zero-order chi connectivity index (χ0) is 10.8. The summed E-state index contributed by atoms with van der Waals surface area (Å²) in [5, 5.41) is 0. The maximum Gasteiger partial charge on any atom is 0.345 e. The molecular weight excluding hydrogens is 195 g/mol. The number of aromatic amines is 1. The number of nitrogens with zero attached hydrogens (tertiary/aromatic N) is 1. The average Bonchev–Trinajstić information content (AvgIpc) is 2.22. The molecule has 0 atom stereocenters. The first-order valence-electron chi connectivity index (χ1n) is 4.48. The SMILES string of the molecule is Cc1cc(-c2ccnc(=O)[nH]2)ccc1F. The van der Waals surface area contributed by atoms with E-state index >= 15 is 0 Å². The van der Waals surface area contributed by atoms with Gasteiger partial charge in [-0.25, -0.2) is 14.2 Å². The Bertz CT molecular complexity index is 548. The summed E-state index contributed by atoms with van der Waals surface area (Å²) in [4.78, 5) is 17.1. The van der Waals surface area contributed by atoms with Gasteiger partial charge in [-0.2, -0.15) is 0 Å². The van der Waals surface area contributed by atoms with E-state index in [1.54, 1.807) is 25.1 Å². The fraction of sp³-hybridized carbons (Fsp3) is 0.0909. The highest BCUT2D eigenvalue weighted by Gasteiger charge is 2.02. The van der Waals surface area contributed by atoms with E-state index in [1.807, 2.05) is 0 Å². The van der Waals surface area contributed by atoms with E-state index in [0.717, 1.165) is 5.56 Å². The molecule has 0 saturated carbocycles. The first kappa shape index (κ1) is 9.58. The Balaban J connectivity index is 2.55. The van der Waals surface area contributed by atoms with Gasteiger partial charge in [0.2, 0.25) is 0 Å². The van der Waals surface area contributed by atoms with Crippen molar-refractivity contribution in [2.75, 3.05) is 0 Å². The van der Waals surface area contributed by atoms with Gasteiger partial charge in [0.1, 0.15) is 5.82 Å². The molecule has 0 aliphatic carbocycles. The Hall–Kier alpha value is -1.97. The molecule has 4 heteroatoms. The van der Waals surface area contributed by atoms with Gasteiger partial charge in [0, 0.05) is 6.20 Å². The lowest BCUT2D eigenvalue weighted by Crippen LogP contribution is -2.09. The fourth-order valence-electron chi connectivity index (χ4n) is 1.35. The lowest BCUT2D eigenvalue weighted by molar-refractivity contribution is 0.619. The zero-order valence-corrected chi connectivity index (χ0v) is 8.12. The molecule has 0 fully saturated rings. The molecule has 3 nitrogen and oxygen atoms in total. The smallest absolute Gasteiger partial charge is 0.305 e. The fourth-order valence-corrected chi connectivity index (χ4v) is 1.35. The van der Waals surface area contributed by atoms with Crippen molar-refractivity contribution in [1.29, 1.82) is 0 Å². The number of hydrogen-bond donors (Lipinski definition) is 1. The Morgan fingerprint density at radius 3 is 2.80 bits per heavy atom. The van der Waals surface area contributed by atoms with Crippen LogP contribution in [0.4, 0.5) is 4.39 Å². The van der Waals surface area contributed by atoms with Crippen LogP contribution in [0.5, 0.6) is 0 Å². The van der Waals surface area contributed by atoms with Crippen molar-refractivity contribution in [2.45, 2.75) is 6.92 Å². The van der Waals surface area contributed by atoms with Crippen LogP contribution < -0.4 is 5.69 Å². The van der Waals surface area contributed by atoms with Crippen molar-refractivity contribution in [3.63, 3.8) is 0 Å². The van der Waals surface area contributed by atoms with Gasteiger partial charge in [0.05, 0.1) is 5.69 Å². The van der Waals surface area contributed by atoms with Gasteiger partial charge in [-0.05, 0) is 42.3 Å². The quantitative estimate of drug-likeness (QED) is 0.770. The van der Waals surface area contributed by atoms with Crippen molar-refractivity contribution in [2.24, 2.45) is 0 Å². The largest absolute Gasteiger partial charge is 0.345 e. The number of aryl methyl sites for hydroxylation is 1. The third-order valence-corrected chi connectivity index (χ3v) is 2.14. The summed E-state index contributed by atoms with van der Waals surface area (Å²) in [5.41, 5.74) is 1.55. The highest BCUT2D eigenvalue weighted by molar-refractivity contribution is 5.59. The Morgan fingerprint density at radius 2 is 2.13 bits per heavy atom. The number of hydrogen-bond acceptors (Lipinski definition) is 2. The molecule has 1 aromatic carbocycles. The third kappa shape index (κ3) is 1.93. The number of rotatable bonds is 1. The summed E-state index contributed by atoms with van der Waals surface area (Å²) in [6, 6.07) is 6.35. The van der Waals surface area contributed by atoms with Crippen molar-refractivity contribution < 1.29 is 4.39 Å². The molecule has 0 aliphatic heterocycles. The molecule has 0 unspecified atom stereocenters. The van der Waals surface area contributed by atoms with E-state index in [9.17, 15) is 9.18 Å². The minimum atomic E-state index is -0.408. The van der Waals surface area contributed by atoms with Crippen LogP contribution in [0.25, 0.3) is 11.3 Å². The van der Waals surface area contributed by atoms with E-state index in [4.69, 9.17) is 0 Å². The molecule has 15 heavy (non-hydrogen) atoms. The monoisotopic (exact) mass is 204 g/mol. The molecule has 0 saturated heterocycles. The van der Waals surface area contributed by atoms with Crippen LogP contribution in [-0.4, -0.2) is 9.97 Å². The molecule has 0 bridgehead atoms. The predicted octanol–water partition coefficient (Wildman–Crippen LogP) is 1.88.